The molecule has 25 heteroatoms. The van der Waals surface area contributed by atoms with Crippen LogP contribution in [0.3, 0.4) is 0 Å². The van der Waals surface area contributed by atoms with Crippen molar-refractivity contribution in [2.45, 2.75) is 0 Å². The molecule has 1 aromatic carbocycles. The molecule has 190 valence electrons. The Kier molecular flexibility index (Phi) is 8.72. The van der Waals surface area contributed by atoms with Gasteiger partial charge in [-0.1, -0.05) is 10.0 Å². The van der Waals surface area contributed by atoms with Crippen LogP contribution in [0.1, 0.15) is 0 Å². The van der Waals surface area contributed by atoms with Gasteiger partial charge in [-0.3, -0.25) is 30.3 Å². The van der Waals surface area contributed by atoms with Gasteiger partial charge in [-0.15, -0.1) is 20.2 Å². The van der Waals surface area contributed by atoms with Crippen LogP contribution < -0.4 is 10.0 Å². The van der Waals surface area contributed by atoms with E-state index in [1.807, 2.05) is 0 Å². The normalized spacial score (nSPS) is 10.1. The van der Waals surface area contributed by atoms with Crippen LogP contribution in [0.25, 0.3) is 0 Å². The van der Waals surface area contributed by atoms with Crippen molar-refractivity contribution >= 4 is 28.4 Å². The zero-order valence-corrected chi connectivity index (χ0v) is 16.5. The van der Waals surface area contributed by atoms with Crippen molar-refractivity contribution in [2.75, 3.05) is 36.3 Å². The van der Waals surface area contributed by atoms with Crippen molar-refractivity contribution in [3.63, 3.8) is 0 Å². The number of hydrazine groups is 2. The maximum atomic E-state index is 11.8. The standard InChI is InChI=1S/C10H9N9O16/c20-13(21)6-5-7(14(22)23)9(12(17(28)29)2-4-35-19(32)33)10(15(24)25)8(6)11(16(26)27)1-3-34-18(30)31/h5H,1-4H2. The third-order valence-corrected chi connectivity index (χ3v) is 3.69. The van der Waals surface area contributed by atoms with Crippen molar-refractivity contribution in [3.05, 3.63) is 76.9 Å². The zero-order chi connectivity index (χ0) is 27.0. The summed E-state index contributed by atoms with van der Waals surface area (Å²) in [5.41, 5.74) is -8.47. The molecular weight excluding hydrogens is 502 g/mol. The van der Waals surface area contributed by atoms with Gasteiger partial charge in [-0.2, -0.15) is 0 Å². The first-order valence-electron chi connectivity index (χ1n) is 8.23. The van der Waals surface area contributed by atoms with Gasteiger partial charge >= 0.3 is 17.1 Å². The largest absolute Gasteiger partial charge is 0.342 e. The molecule has 0 N–H and O–H groups in total. The second kappa shape index (κ2) is 11.2. The van der Waals surface area contributed by atoms with Gasteiger partial charge in [-0.25, -0.2) is 20.2 Å². The smallest absolute Gasteiger partial charge is 0.312 e. The molecule has 0 aliphatic heterocycles. The molecular formula is C10H9N9O16. The Balaban J connectivity index is 4.05. The van der Waals surface area contributed by atoms with Crippen molar-refractivity contribution < 1.29 is 44.7 Å². The summed E-state index contributed by atoms with van der Waals surface area (Å²) in [6.07, 6.45) is 0. The highest BCUT2D eigenvalue weighted by Gasteiger charge is 2.48. The molecule has 0 aromatic heterocycles. The third kappa shape index (κ3) is 6.60. The zero-order valence-electron chi connectivity index (χ0n) is 16.5. The molecule has 0 aliphatic carbocycles. The number of nitro groups is 5. The average molecular weight is 511 g/mol. The highest BCUT2D eigenvalue weighted by atomic mass is 17.0. The number of benzene rings is 1. The van der Waals surface area contributed by atoms with E-state index in [-0.39, 0.29) is 6.07 Å². The highest BCUT2D eigenvalue weighted by Crippen LogP contribution is 2.49. The molecule has 35 heavy (non-hydrogen) atoms. The van der Waals surface area contributed by atoms with Crippen LogP contribution >= 0.6 is 0 Å². The molecule has 1 aromatic rings. The van der Waals surface area contributed by atoms with E-state index in [9.17, 15) is 70.8 Å². The third-order valence-electron chi connectivity index (χ3n) is 3.69. The van der Waals surface area contributed by atoms with E-state index in [1.54, 1.807) is 0 Å². The summed E-state index contributed by atoms with van der Waals surface area (Å²) >= 11 is 0. The summed E-state index contributed by atoms with van der Waals surface area (Å²) in [4.78, 5) is 81.3. The van der Waals surface area contributed by atoms with Crippen molar-refractivity contribution in [2.24, 2.45) is 0 Å². The van der Waals surface area contributed by atoms with Crippen LogP contribution in [0.4, 0.5) is 28.4 Å². The highest BCUT2D eigenvalue weighted by molar-refractivity contribution is 5.90. The van der Waals surface area contributed by atoms with Crippen LogP contribution in [-0.4, -0.2) is 61.3 Å². The van der Waals surface area contributed by atoms with E-state index in [4.69, 9.17) is 0 Å². The van der Waals surface area contributed by atoms with Crippen molar-refractivity contribution in [1.29, 1.82) is 0 Å². The second-order valence-corrected chi connectivity index (χ2v) is 5.57. The van der Waals surface area contributed by atoms with Gasteiger partial charge in [-0.05, 0) is 0 Å². The predicted molar refractivity (Wildman–Crippen MR) is 101 cm³/mol. The average Bonchev–Trinajstić information content (AvgIpc) is 2.71. The maximum Gasteiger partial charge on any atom is 0.342 e. The predicted octanol–water partition coefficient (Wildman–Crippen LogP) is -0.176. The Morgan fingerprint density at radius 3 is 1.17 bits per heavy atom. The summed E-state index contributed by atoms with van der Waals surface area (Å²) in [6, 6.07) is -0.0621. The van der Waals surface area contributed by atoms with Crippen LogP contribution in [0.5, 0.6) is 0 Å². The minimum atomic E-state index is -1.90. The first-order chi connectivity index (χ1) is 16.2. The van der Waals surface area contributed by atoms with E-state index in [0.29, 0.717) is 0 Å². The van der Waals surface area contributed by atoms with Crippen LogP contribution in [0.2, 0.25) is 0 Å². The van der Waals surface area contributed by atoms with E-state index in [0.717, 1.165) is 0 Å². The Morgan fingerprint density at radius 2 is 0.943 bits per heavy atom. The monoisotopic (exact) mass is 511 g/mol. The maximum absolute atomic E-state index is 11.8. The summed E-state index contributed by atoms with van der Waals surface area (Å²) in [7, 11) is 0. The van der Waals surface area contributed by atoms with Crippen LogP contribution in [0, 0.1) is 70.8 Å². The van der Waals surface area contributed by atoms with E-state index >= 15 is 0 Å². The van der Waals surface area contributed by atoms with Gasteiger partial charge in [0.1, 0.15) is 26.3 Å². The Hall–Kier alpha value is -5.78. The fourth-order valence-corrected chi connectivity index (χ4v) is 2.54. The molecule has 0 heterocycles. The second-order valence-electron chi connectivity index (χ2n) is 5.57. The summed E-state index contributed by atoms with van der Waals surface area (Å²) in [5, 5.41) is 71.6. The molecule has 0 unspecified atom stereocenters. The topological polar surface area (TPSA) is 327 Å². The fraction of sp³-hybridized carbons (Fsp3) is 0.400. The molecule has 0 amide bonds. The number of hydrogen-bond acceptors (Lipinski definition) is 16. The molecule has 0 saturated carbocycles. The lowest BCUT2D eigenvalue weighted by molar-refractivity contribution is -0.757. The number of rotatable bonds is 15. The SMILES string of the molecule is O=[N+]([O-])OCCN(c1c([N+](=O)[O-])cc([N+](=O)[O-])c(N(CCO[N+](=O)[O-])[N+](=O)[O-])c1[N+](=O)[O-])[N+](=O)[O-]. The van der Waals surface area contributed by atoms with Crippen LogP contribution in [0.15, 0.2) is 6.07 Å². The van der Waals surface area contributed by atoms with Crippen molar-refractivity contribution in [1.82, 2.24) is 0 Å². The summed E-state index contributed by atoms with van der Waals surface area (Å²) in [6.45, 7) is -4.94. The molecule has 0 aliphatic rings. The summed E-state index contributed by atoms with van der Waals surface area (Å²) in [5.74, 6) is 0. The molecule has 0 radical (unpaired) electrons. The van der Waals surface area contributed by atoms with Gasteiger partial charge in [0.2, 0.25) is 0 Å². The minimum Gasteiger partial charge on any atom is -0.312 e. The first kappa shape index (κ1) is 27.3. The summed E-state index contributed by atoms with van der Waals surface area (Å²) < 4.78 is 0. The number of anilines is 2. The molecule has 0 bridgehead atoms. The van der Waals surface area contributed by atoms with Crippen molar-refractivity contribution in [3.8, 4) is 0 Å². The Labute approximate surface area is 187 Å². The number of hydrogen-bond donors (Lipinski definition) is 0. The molecule has 0 atom stereocenters. The Bertz CT molecular complexity index is 1020. The lowest BCUT2D eigenvalue weighted by Gasteiger charge is -2.18. The molecule has 0 spiro atoms. The molecule has 0 saturated heterocycles. The van der Waals surface area contributed by atoms with Gasteiger partial charge in [0.05, 0.1) is 20.8 Å². The van der Waals surface area contributed by atoms with Gasteiger partial charge in [0, 0.05) is 0 Å². The lowest BCUT2D eigenvalue weighted by Crippen LogP contribution is -2.37. The van der Waals surface area contributed by atoms with Gasteiger partial charge in [0.15, 0.2) is 10.1 Å². The Morgan fingerprint density at radius 1 is 0.600 bits per heavy atom. The molecule has 25 nitrogen and oxygen atoms in total. The molecule has 0 fully saturated rings. The van der Waals surface area contributed by atoms with E-state index < -0.39 is 99.8 Å². The number of nitrogens with zero attached hydrogens (tertiary/aromatic N) is 9. The van der Waals surface area contributed by atoms with Gasteiger partial charge < -0.3 is 9.68 Å². The van der Waals surface area contributed by atoms with Gasteiger partial charge in [0.25, 0.3) is 21.5 Å². The minimum absolute atomic E-state index is 0.0621. The lowest BCUT2D eigenvalue weighted by atomic mass is 10.1. The number of nitro benzene ring substituents is 3. The van der Waals surface area contributed by atoms with E-state index in [1.165, 1.54) is 0 Å². The van der Waals surface area contributed by atoms with Crippen LogP contribution in [-0.2, 0) is 9.68 Å². The van der Waals surface area contributed by atoms with E-state index in [2.05, 4.69) is 9.68 Å². The first-order valence-corrected chi connectivity index (χ1v) is 8.23. The quantitative estimate of drug-likeness (QED) is 0.217. The fourth-order valence-electron chi connectivity index (χ4n) is 2.54. The molecule has 1 rings (SSSR count).